The number of nitrogens with two attached hydrogens (primary N) is 1. The maximum Gasteiger partial charge on any atom is 0.261 e. The van der Waals surface area contributed by atoms with Crippen LogP contribution in [0.5, 0.6) is 0 Å². The van der Waals surface area contributed by atoms with Gasteiger partial charge in [-0.1, -0.05) is 43.7 Å². The third-order valence-corrected chi connectivity index (χ3v) is 5.63. The van der Waals surface area contributed by atoms with Gasteiger partial charge < -0.3 is 0 Å². The molecule has 0 saturated heterocycles. The van der Waals surface area contributed by atoms with Crippen LogP contribution in [0, 0.1) is 5.92 Å². The van der Waals surface area contributed by atoms with Gasteiger partial charge in [0.25, 0.3) is 5.91 Å². The number of nitrogens with zero attached hydrogens (tertiary/aromatic N) is 3. The van der Waals surface area contributed by atoms with Gasteiger partial charge in [0.15, 0.2) is 0 Å². The number of hydrazone groups is 1. The molecule has 0 aromatic heterocycles. The van der Waals surface area contributed by atoms with E-state index < -0.39 is 15.9 Å². The molecule has 0 aliphatic carbocycles. The zero-order chi connectivity index (χ0) is 21.0. The third kappa shape index (κ3) is 4.78. The molecule has 1 amide bonds. The van der Waals surface area contributed by atoms with Crippen molar-refractivity contribution in [1.29, 1.82) is 0 Å². The molecule has 0 radical (unpaired) electrons. The van der Waals surface area contributed by atoms with Crippen molar-refractivity contribution in [2.75, 3.05) is 5.01 Å². The fraction of sp³-hybridized carbons (Fsp3) is 0.286. The molecule has 2 aromatic carbocycles. The first-order chi connectivity index (χ1) is 13.8. The molecule has 7 nitrogen and oxygen atoms in total. The van der Waals surface area contributed by atoms with E-state index in [1.54, 1.807) is 12.1 Å². The van der Waals surface area contributed by atoms with Gasteiger partial charge in [-0.3, -0.25) is 9.79 Å². The van der Waals surface area contributed by atoms with Gasteiger partial charge in [-0.2, -0.15) is 10.1 Å². The van der Waals surface area contributed by atoms with E-state index in [2.05, 4.69) is 17.0 Å². The number of hydrogen-bond donors (Lipinski definition) is 1. The second-order valence-corrected chi connectivity index (χ2v) is 8.47. The number of hydrogen-bond acceptors (Lipinski definition) is 5. The van der Waals surface area contributed by atoms with Crippen molar-refractivity contribution in [1.82, 2.24) is 0 Å². The summed E-state index contributed by atoms with van der Waals surface area (Å²) in [5.74, 6) is -0.579. The topological polar surface area (TPSA) is 105 Å². The Kier molecular flexibility index (Phi) is 6.24. The summed E-state index contributed by atoms with van der Waals surface area (Å²) >= 11 is 0. The SMILES string of the molecule is CCCC1=NN(c2ccccc2)C(=O)[C@@H]1C(C)=NCc1ccc(S(N)(=O)=O)cc1. The molecule has 3 rings (SSSR count). The quantitative estimate of drug-likeness (QED) is 0.706. The molecule has 1 heterocycles. The normalized spacial score (nSPS) is 17.6. The second kappa shape index (κ2) is 8.67. The summed E-state index contributed by atoms with van der Waals surface area (Å²) in [6.07, 6.45) is 1.60. The van der Waals surface area contributed by atoms with Crippen molar-refractivity contribution in [3.63, 3.8) is 0 Å². The molecular formula is C21H24N4O3S. The Morgan fingerprint density at radius 1 is 1.14 bits per heavy atom. The number of anilines is 1. The van der Waals surface area contributed by atoms with Crippen LogP contribution in [0.2, 0.25) is 0 Å². The summed E-state index contributed by atoms with van der Waals surface area (Å²) in [6, 6.07) is 15.6. The van der Waals surface area contributed by atoms with E-state index in [1.165, 1.54) is 17.1 Å². The first kappa shape index (κ1) is 20.9. The minimum atomic E-state index is -3.72. The van der Waals surface area contributed by atoms with Crippen LogP contribution in [0.3, 0.4) is 0 Å². The van der Waals surface area contributed by atoms with Gasteiger partial charge in [-0.25, -0.2) is 13.6 Å². The lowest BCUT2D eigenvalue weighted by Crippen LogP contribution is -2.32. The van der Waals surface area contributed by atoms with Crippen LogP contribution in [0.1, 0.15) is 32.3 Å². The van der Waals surface area contributed by atoms with E-state index in [0.29, 0.717) is 12.3 Å². The first-order valence-electron chi connectivity index (χ1n) is 9.40. The summed E-state index contributed by atoms with van der Waals surface area (Å²) in [6.45, 7) is 4.22. The molecule has 0 unspecified atom stereocenters. The minimum Gasteiger partial charge on any atom is -0.288 e. The third-order valence-electron chi connectivity index (χ3n) is 4.70. The molecule has 0 bridgehead atoms. The van der Waals surface area contributed by atoms with Crippen molar-refractivity contribution >= 4 is 33.0 Å². The highest BCUT2D eigenvalue weighted by Crippen LogP contribution is 2.26. The van der Waals surface area contributed by atoms with Gasteiger partial charge in [0.1, 0.15) is 5.92 Å². The molecule has 0 fully saturated rings. The number of carbonyl (C=O) groups is 1. The molecule has 152 valence electrons. The summed E-state index contributed by atoms with van der Waals surface area (Å²) in [5.41, 5.74) is 3.07. The maximum atomic E-state index is 13.0. The van der Waals surface area contributed by atoms with Crippen molar-refractivity contribution < 1.29 is 13.2 Å². The smallest absolute Gasteiger partial charge is 0.261 e. The maximum absolute atomic E-state index is 13.0. The predicted molar refractivity (Wildman–Crippen MR) is 114 cm³/mol. The van der Waals surface area contributed by atoms with Crippen LogP contribution in [0.4, 0.5) is 5.69 Å². The Labute approximate surface area is 171 Å². The fourth-order valence-electron chi connectivity index (χ4n) is 3.22. The average molecular weight is 413 g/mol. The predicted octanol–water partition coefficient (Wildman–Crippen LogP) is 3.11. The van der Waals surface area contributed by atoms with Crippen LogP contribution < -0.4 is 10.1 Å². The van der Waals surface area contributed by atoms with Gasteiger partial charge in [-0.15, -0.1) is 0 Å². The Morgan fingerprint density at radius 3 is 2.38 bits per heavy atom. The molecule has 29 heavy (non-hydrogen) atoms. The number of sulfonamides is 1. The molecular weight excluding hydrogens is 388 g/mol. The molecule has 0 spiro atoms. The summed E-state index contributed by atoms with van der Waals surface area (Å²) in [5, 5.41) is 11.1. The summed E-state index contributed by atoms with van der Waals surface area (Å²) in [7, 11) is -3.72. The zero-order valence-electron chi connectivity index (χ0n) is 16.4. The Hall–Kier alpha value is -2.84. The van der Waals surface area contributed by atoms with Crippen LogP contribution in [-0.2, 0) is 21.4 Å². The average Bonchev–Trinajstić information content (AvgIpc) is 3.03. The van der Waals surface area contributed by atoms with E-state index in [4.69, 9.17) is 5.14 Å². The number of rotatable bonds is 7. The van der Waals surface area contributed by atoms with E-state index in [-0.39, 0.29) is 10.8 Å². The Balaban J connectivity index is 1.80. The lowest BCUT2D eigenvalue weighted by atomic mass is 9.95. The zero-order valence-corrected chi connectivity index (χ0v) is 17.3. The highest BCUT2D eigenvalue weighted by molar-refractivity contribution is 7.89. The van der Waals surface area contributed by atoms with Crippen LogP contribution in [-0.4, -0.2) is 25.7 Å². The molecule has 2 N–H and O–H groups in total. The molecule has 1 aliphatic rings. The summed E-state index contributed by atoms with van der Waals surface area (Å²) in [4.78, 5) is 17.7. The van der Waals surface area contributed by atoms with Crippen molar-refractivity contribution in [2.24, 2.45) is 21.2 Å². The minimum absolute atomic E-state index is 0.0591. The van der Waals surface area contributed by atoms with E-state index >= 15 is 0 Å². The van der Waals surface area contributed by atoms with Crippen molar-refractivity contribution in [3.05, 3.63) is 60.2 Å². The van der Waals surface area contributed by atoms with Crippen LogP contribution in [0.15, 0.2) is 69.6 Å². The van der Waals surface area contributed by atoms with Gasteiger partial charge in [0.2, 0.25) is 10.0 Å². The molecule has 8 heteroatoms. The molecule has 1 aliphatic heterocycles. The van der Waals surface area contributed by atoms with Gasteiger partial charge in [0, 0.05) is 5.71 Å². The number of benzene rings is 2. The highest BCUT2D eigenvalue weighted by Gasteiger charge is 2.37. The first-order valence-corrected chi connectivity index (χ1v) is 10.9. The van der Waals surface area contributed by atoms with Gasteiger partial charge >= 0.3 is 0 Å². The number of primary sulfonamides is 1. The summed E-state index contributed by atoms with van der Waals surface area (Å²) < 4.78 is 22.7. The van der Waals surface area contributed by atoms with E-state index in [9.17, 15) is 13.2 Å². The number of carbonyl (C=O) groups excluding carboxylic acids is 1. The van der Waals surface area contributed by atoms with Gasteiger partial charge in [0.05, 0.1) is 22.8 Å². The standard InChI is InChI=1S/C21H24N4O3S/c1-3-7-19-20(21(26)25(24-19)17-8-5-4-6-9-17)15(2)23-14-16-10-12-18(13-11-16)29(22,27)28/h4-6,8-13,20H,3,7,14H2,1-2H3,(H2,22,27,28)/t20-/m1/s1. The fourth-order valence-corrected chi connectivity index (χ4v) is 3.73. The molecule has 0 saturated carbocycles. The second-order valence-electron chi connectivity index (χ2n) is 6.91. The lowest BCUT2D eigenvalue weighted by molar-refractivity contribution is -0.118. The van der Waals surface area contributed by atoms with Crippen LogP contribution in [0.25, 0.3) is 0 Å². The van der Waals surface area contributed by atoms with Crippen molar-refractivity contribution in [2.45, 2.75) is 38.1 Å². The van der Waals surface area contributed by atoms with E-state index in [1.807, 2.05) is 37.3 Å². The number of amides is 1. The Morgan fingerprint density at radius 2 is 1.79 bits per heavy atom. The van der Waals surface area contributed by atoms with E-state index in [0.717, 1.165) is 29.8 Å². The van der Waals surface area contributed by atoms with Crippen molar-refractivity contribution in [3.8, 4) is 0 Å². The lowest BCUT2D eigenvalue weighted by Gasteiger charge is -2.14. The monoisotopic (exact) mass is 412 g/mol. The largest absolute Gasteiger partial charge is 0.288 e. The highest BCUT2D eigenvalue weighted by atomic mass is 32.2. The Bertz CT molecular complexity index is 1050. The van der Waals surface area contributed by atoms with Crippen LogP contribution >= 0.6 is 0 Å². The number of para-hydroxylation sites is 1. The van der Waals surface area contributed by atoms with Gasteiger partial charge in [-0.05, 0) is 43.2 Å². The molecule has 2 aromatic rings. The number of aliphatic imine (C=N–C) groups is 1. The molecule has 1 atom stereocenters.